The van der Waals surface area contributed by atoms with Gasteiger partial charge in [0, 0.05) is 23.4 Å². The highest BCUT2D eigenvalue weighted by Crippen LogP contribution is 2.38. The number of anilines is 2. The van der Waals surface area contributed by atoms with Gasteiger partial charge in [0.25, 0.3) is 11.8 Å². The Labute approximate surface area is 226 Å². The number of hydrogen-bond donors (Lipinski definition) is 4. The van der Waals surface area contributed by atoms with E-state index in [0.29, 0.717) is 40.4 Å². The van der Waals surface area contributed by atoms with Gasteiger partial charge in [-0.2, -0.15) is 0 Å². The van der Waals surface area contributed by atoms with E-state index in [2.05, 4.69) is 21.0 Å². The first kappa shape index (κ1) is 26.1. The number of piperidine rings is 1. The van der Waals surface area contributed by atoms with E-state index in [1.165, 1.54) is 31.4 Å². The number of carbonyl (C=O) groups is 3. The molecule has 2 amide bonds. The highest BCUT2D eigenvalue weighted by atomic mass is 16.7. The Morgan fingerprint density at radius 3 is 2.33 bits per heavy atom. The van der Waals surface area contributed by atoms with Crippen molar-refractivity contribution >= 4 is 40.4 Å². The molecule has 39 heavy (non-hydrogen) atoms. The molecule has 5 rings (SSSR count). The molecule has 1 fully saturated rings. The van der Waals surface area contributed by atoms with Crippen LogP contribution in [0.25, 0.3) is 11.3 Å². The molecule has 9 nitrogen and oxygen atoms in total. The molecular formula is C30H30N4O5. The Balaban J connectivity index is 1.32. The predicted octanol–water partition coefficient (Wildman–Crippen LogP) is 4.46. The van der Waals surface area contributed by atoms with E-state index < -0.39 is 5.97 Å². The van der Waals surface area contributed by atoms with Crippen LogP contribution in [0.3, 0.4) is 0 Å². The van der Waals surface area contributed by atoms with Crippen LogP contribution < -0.4 is 16.1 Å². The van der Waals surface area contributed by atoms with Crippen LogP contribution in [0, 0.1) is 0 Å². The first-order valence-corrected chi connectivity index (χ1v) is 13.0. The summed E-state index contributed by atoms with van der Waals surface area (Å²) >= 11 is 0. The van der Waals surface area contributed by atoms with Crippen LogP contribution in [0.4, 0.5) is 11.4 Å². The molecule has 2 heterocycles. The van der Waals surface area contributed by atoms with Crippen LogP contribution >= 0.6 is 0 Å². The van der Waals surface area contributed by atoms with Gasteiger partial charge in [0.1, 0.15) is 0 Å². The van der Waals surface area contributed by atoms with Crippen LogP contribution in [0.1, 0.15) is 51.1 Å². The number of carboxylic acids is 1. The van der Waals surface area contributed by atoms with Gasteiger partial charge in [-0.3, -0.25) is 14.4 Å². The van der Waals surface area contributed by atoms with Gasteiger partial charge in [-0.05, 0) is 67.9 Å². The summed E-state index contributed by atoms with van der Waals surface area (Å²) in [5.41, 5.74) is 6.51. The second-order valence-electron chi connectivity index (χ2n) is 9.52. The van der Waals surface area contributed by atoms with Crippen molar-refractivity contribution in [1.82, 2.24) is 10.4 Å². The summed E-state index contributed by atoms with van der Waals surface area (Å²) in [4.78, 5) is 44.7. The minimum absolute atomic E-state index is 0.0915. The van der Waals surface area contributed by atoms with Gasteiger partial charge >= 0.3 is 5.97 Å². The fraction of sp³-hybridized carbons (Fsp3) is 0.233. The van der Waals surface area contributed by atoms with E-state index in [0.717, 1.165) is 25.2 Å². The summed E-state index contributed by atoms with van der Waals surface area (Å²) in [6, 6.07) is 20.8. The molecule has 0 atom stereocenters. The molecule has 0 saturated carbocycles. The third-order valence-electron chi connectivity index (χ3n) is 6.86. The summed E-state index contributed by atoms with van der Waals surface area (Å²) in [5.74, 6) is -1.74. The second kappa shape index (κ2) is 11.9. The third-order valence-corrected chi connectivity index (χ3v) is 6.86. The summed E-state index contributed by atoms with van der Waals surface area (Å²) < 4.78 is 0. The lowest BCUT2D eigenvalue weighted by molar-refractivity contribution is -0.110. The van der Waals surface area contributed by atoms with E-state index >= 15 is 0 Å². The zero-order valence-corrected chi connectivity index (χ0v) is 21.4. The van der Waals surface area contributed by atoms with E-state index in [1.54, 1.807) is 30.3 Å². The first-order valence-electron chi connectivity index (χ1n) is 13.0. The van der Waals surface area contributed by atoms with Gasteiger partial charge in [-0.15, -0.1) is 0 Å². The quantitative estimate of drug-likeness (QED) is 0.185. The number of carboxylic acid groups (broad SMARTS) is 1. The van der Waals surface area contributed by atoms with Crippen molar-refractivity contribution in [3.8, 4) is 0 Å². The minimum Gasteiger partial charge on any atom is -0.478 e. The molecule has 2 aliphatic rings. The normalized spacial score (nSPS) is 16.3. The largest absolute Gasteiger partial charge is 0.478 e. The maximum absolute atomic E-state index is 13.1. The third kappa shape index (κ3) is 6.17. The SMILES string of the molecule is O=C1Nc2cc(C(=O)O)ccc2/C1=C(\Nc1ccc(C(=O)NOCCN2CCCCC2)cc1)c1ccccc1. The molecule has 9 heteroatoms. The molecule has 2 aliphatic heterocycles. The lowest BCUT2D eigenvalue weighted by atomic mass is 9.99. The fourth-order valence-corrected chi connectivity index (χ4v) is 4.82. The van der Waals surface area contributed by atoms with Gasteiger partial charge in [0.05, 0.1) is 29.1 Å². The molecule has 4 N–H and O–H groups in total. The number of rotatable bonds is 9. The molecule has 0 radical (unpaired) electrons. The van der Waals surface area contributed by atoms with Gasteiger partial charge in [-0.25, -0.2) is 10.3 Å². The fourth-order valence-electron chi connectivity index (χ4n) is 4.82. The van der Waals surface area contributed by atoms with E-state index in [-0.39, 0.29) is 17.4 Å². The monoisotopic (exact) mass is 526 g/mol. The topological polar surface area (TPSA) is 120 Å². The highest BCUT2D eigenvalue weighted by Gasteiger charge is 2.29. The molecule has 0 bridgehead atoms. The van der Waals surface area contributed by atoms with Crippen molar-refractivity contribution in [1.29, 1.82) is 0 Å². The van der Waals surface area contributed by atoms with E-state index in [1.807, 2.05) is 30.3 Å². The smallest absolute Gasteiger partial charge is 0.335 e. The van der Waals surface area contributed by atoms with Crippen molar-refractivity contribution in [3.63, 3.8) is 0 Å². The van der Waals surface area contributed by atoms with E-state index in [4.69, 9.17) is 4.84 Å². The van der Waals surface area contributed by atoms with Crippen molar-refractivity contribution in [2.45, 2.75) is 19.3 Å². The molecule has 1 saturated heterocycles. The Morgan fingerprint density at radius 2 is 1.62 bits per heavy atom. The van der Waals surface area contributed by atoms with Crippen LogP contribution in [0.2, 0.25) is 0 Å². The molecule has 0 aromatic heterocycles. The van der Waals surface area contributed by atoms with Crippen LogP contribution in [-0.4, -0.2) is 54.0 Å². The first-order chi connectivity index (χ1) is 19.0. The van der Waals surface area contributed by atoms with Crippen molar-refractivity contribution in [2.75, 3.05) is 36.9 Å². The number of benzene rings is 3. The molecule has 3 aromatic rings. The molecule has 0 spiro atoms. The van der Waals surface area contributed by atoms with Gasteiger partial charge in [0.15, 0.2) is 0 Å². The average Bonchev–Trinajstić information content (AvgIpc) is 3.30. The average molecular weight is 527 g/mol. The Kier molecular flexibility index (Phi) is 8.00. The molecular weight excluding hydrogens is 496 g/mol. The standard InChI is InChI=1S/C30H30N4O5/c35-28(33-39-18-17-34-15-5-2-6-16-34)21-9-12-23(13-10-21)31-27(20-7-3-1-4-8-20)26-24-14-11-22(30(37)38)19-25(24)32-29(26)36/h1,3-4,7-14,19,31H,2,5-6,15-18H2,(H,32,36)(H,33,35)(H,37,38)/b27-26+. The maximum atomic E-state index is 13.1. The highest BCUT2D eigenvalue weighted by molar-refractivity contribution is 6.37. The maximum Gasteiger partial charge on any atom is 0.335 e. The molecule has 3 aromatic carbocycles. The second-order valence-corrected chi connectivity index (χ2v) is 9.52. The number of hydrogen-bond acceptors (Lipinski definition) is 6. The number of hydroxylamine groups is 1. The summed E-state index contributed by atoms with van der Waals surface area (Å²) in [7, 11) is 0. The number of nitrogens with zero attached hydrogens (tertiary/aromatic N) is 1. The van der Waals surface area contributed by atoms with Crippen molar-refractivity contribution in [3.05, 3.63) is 95.1 Å². The van der Waals surface area contributed by atoms with E-state index in [9.17, 15) is 19.5 Å². The number of fused-ring (bicyclic) bond motifs is 1. The molecule has 200 valence electrons. The van der Waals surface area contributed by atoms with Crippen LogP contribution in [-0.2, 0) is 9.63 Å². The number of carbonyl (C=O) groups excluding carboxylic acids is 2. The summed E-state index contributed by atoms with van der Waals surface area (Å²) in [6.07, 6.45) is 3.69. The molecule has 0 aliphatic carbocycles. The molecule has 0 unspecified atom stereocenters. The van der Waals surface area contributed by atoms with Gasteiger partial charge in [-0.1, -0.05) is 42.8 Å². The van der Waals surface area contributed by atoms with Gasteiger partial charge < -0.3 is 20.6 Å². The zero-order valence-electron chi connectivity index (χ0n) is 21.4. The Hall–Kier alpha value is -4.47. The predicted molar refractivity (Wildman–Crippen MR) is 149 cm³/mol. The lowest BCUT2D eigenvalue weighted by Crippen LogP contribution is -2.35. The van der Waals surface area contributed by atoms with Crippen molar-refractivity contribution < 1.29 is 24.3 Å². The number of nitrogens with one attached hydrogen (secondary N) is 3. The Morgan fingerprint density at radius 1 is 0.897 bits per heavy atom. The number of amides is 2. The minimum atomic E-state index is -1.07. The number of likely N-dealkylation sites (tertiary alicyclic amines) is 1. The summed E-state index contributed by atoms with van der Waals surface area (Å²) in [5, 5.41) is 15.4. The lowest BCUT2D eigenvalue weighted by Gasteiger charge is -2.25. The van der Waals surface area contributed by atoms with Crippen LogP contribution in [0.5, 0.6) is 0 Å². The number of aromatic carboxylic acids is 1. The summed E-state index contributed by atoms with van der Waals surface area (Å²) in [6.45, 7) is 3.36. The zero-order chi connectivity index (χ0) is 27.2. The van der Waals surface area contributed by atoms with Crippen LogP contribution in [0.15, 0.2) is 72.8 Å². The van der Waals surface area contributed by atoms with Gasteiger partial charge in [0.2, 0.25) is 0 Å². The Bertz CT molecular complexity index is 1400. The van der Waals surface area contributed by atoms with Crippen molar-refractivity contribution in [2.24, 2.45) is 0 Å².